The van der Waals surface area contributed by atoms with E-state index < -0.39 is 5.91 Å². The predicted molar refractivity (Wildman–Crippen MR) is 58.7 cm³/mol. The van der Waals surface area contributed by atoms with Crippen molar-refractivity contribution in [3.05, 3.63) is 22.2 Å². The summed E-state index contributed by atoms with van der Waals surface area (Å²) in [6.07, 6.45) is 0. The van der Waals surface area contributed by atoms with Gasteiger partial charge in [0, 0.05) is 6.07 Å². The van der Waals surface area contributed by atoms with E-state index in [0.29, 0.717) is 0 Å². The van der Waals surface area contributed by atoms with Crippen molar-refractivity contribution < 1.29 is 9.42 Å². The van der Waals surface area contributed by atoms with Crippen LogP contribution in [0.2, 0.25) is 10.4 Å². The lowest BCUT2D eigenvalue weighted by molar-refractivity contribution is 0.101. The summed E-state index contributed by atoms with van der Waals surface area (Å²) in [6, 6.07) is 1.31. The number of carbonyl (C=O) groups excluding carboxylic acids is 1. The third-order valence-electron chi connectivity index (χ3n) is 1.64. The van der Waals surface area contributed by atoms with Crippen molar-refractivity contribution in [3.8, 4) is 0 Å². The van der Waals surface area contributed by atoms with Crippen LogP contribution in [0, 0.1) is 0 Å². The summed E-state index contributed by atoms with van der Waals surface area (Å²) in [7, 11) is 0. The number of carbonyl (C=O) groups is 1. The highest BCUT2D eigenvalue weighted by atomic mass is 35.5. The third kappa shape index (κ3) is 2.60. The molecule has 0 bridgehead atoms. The Kier molecular flexibility index (Phi) is 3.07. The Balaban J connectivity index is 2.21. The van der Waals surface area contributed by atoms with Crippen LogP contribution in [0.25, 0.3) is 0 Å². The van der Waals surface area contributed by atoms with E-state index in [2.05, 4.69) is 30.2 Å². The fourth-order valence-corrected chi connectivity index (χ4v) is 1.39. The maximum Gasteiger partial charge on any atom is 0.282 e. The molecule has 1 amide bonds. The number of anilines is 2. The average molecular weight is 275 g/mol. The van der Waals surface area contributed by atoms with E-state index in [4.69, 9.17) is 28.9 Å². The Bertz CT molecular complexity index is 551. The quantitative estimate of drug-likeness (QED) is 0.619. The van der Waals surface area contributed by atoms with E-state index in [9.17, 15) is 4.79 Å². The van der Waals surface area contributed by atoms with Gasteiger partial charge in [0.05, 0.1) is 0 Å². The van der Waals surface area contributed by atoms with Crippen LogP contribution >= 0.6 is 23.2 Å². The number of nitrogens with zero attached hydrogens (tertiary/aromatic N) is 4. The van der Waals surface area contributed by atoms with E-state index in [1.807, 2.05) is 0 Å². The van der Waals surface area contributed by atoms with Gasteiger partial charge < -0.3 is 11.1 Å². The topological polar surface area (TPSA) is 120 Å². The van der Waals surface area contributed by atoms with Gasteiger partial charge in [-0.2, -0.15) is 0 Å². The molecule has 0 fully saturated rings. The molecule has 0 saturated heterocycles. The second-order valence-electron chi connectivity index (χ2n) is 2.80. The first-order valence-corrected chi connectivity index (χ1v) is 4.91. The predicted octanol–water partition coefficient (Wildman–Crippen LogP) is 1.00. The SMILES string of the molecule is Nc1nonc1C(=O)Nc1cc(Cl)nc(Cl)n1. The summed E-state index contributed by atoms with van der Waals surface area (Å²) >= 11 is 11.2. The molecular weight excluding hydrogens is 271 g/mol. The van der Waals surface area contributed by atoms with Crippen LogP contribution < -0.4 is 11.1 Å². The molecule has 2 rings (SSSR count). The molecule has 10 heteroatoms. The van der Waals surface area contributed by atoms with Crippen molar-refractivity contribution in [2.24, 2.45) is 0 Å². The lowest BCUT2D eigenvalue weighted by Crippen LogP contribution is -2.15. The highest BCUT2D eigenvalue weighted by Gasteiger charge is 2.17. The fourth-order valence-electron chi connectivity index (χ4n) is 0.982. The van der Waals surface area contributed by atoms with Gasteiger partial charge in [0.1, 0.15) is 11.0 Å². The molecule has 2 heterocycles. The van der Waals surface area contributed by atoms with E-state index in [1.165, 1.54) is 6.07 Å². The fraction of sp³-hybridized carbons (Fsp3) is 0. The number of amides is 1. The molecule has 2 aromatic heterocycles. The zero-order chi connectivity index (χ0) is 12.4. The monoisotopic (exact) mass is 274 g/mol. The van der Waals surface area contributed by atoms with Gasteiger partial charge in [-0.25, -0.2) is 14.6 Å². The van der Waals surface area contributed by atoms with Crippen molar-refractivity contribution in [1.29, 1.82) is 0 Å². The van der Waals surface area contributed by atoms with Crippen molar-refractivity contribution in [2.75, 3.05) is 11.1 Å². The molecule has 88 valence electrons. The minimum absolute atomic E-state index is 0.0894. The average Bonchev–Trinajstić information content (AvgIpc) is 2.62. The Morgan fingerprint density at radius 2 is 2.12 bits per heavy atom. The zero-order valence-electron chi connectivity index (χ0n) is 8.02. The molecule has 0 aromatic carbocycles. The maximum absolute atomic E-state index is 11.6. The second kappa shape index (κ2) is 4.52. The molecule has 0 aliphatic carbocycles. The van der Waals surface area contributed by atoms with Crippen molar-refractivity contribution in [2.45, 2.75) is 0 Å². The van der Waals surface area contributed by atoms with Crippen LogP contribution in [-0.4, -0.2) is 26.2 Å². The van der Waals surface area contributed by atoms with Crippen molar-refractivity contribution >= 4 is 40.7 Å². The minimum Gasteiger partial charge on any atom is -0.379 e. The molecule has 0 aliphatic heterocycles. The first-order chi connectivity index (χ1) is 8.06. The zero-order valence-corrected chi connectivity index (χ0v) is 9.53. The van der Waals surface area contributed by atoms with Crippen molar-refractivity contribution in [1.82, 2.24) is 20.3 Å². The van der Waals surface area contributed by atoms with Crippen molar-refractivity contribution in [3.63, 3.8) is 0 Å². The Morgan fingerprint density at radius 1 is 1.35 bits per heavy atom. The molecule has 0 aliphatic rings. The van der Waals surface area contributed by atoms with E-state index >= 15 is 0 Å². The summed E-state index contributed by atoms with van der Waals surface area (Å²) in [4.78, 5) is 19.0. The largest absolute Gasteiger partial charge is 0.379 e. The third-order valence-corrected chi connectivity index (χ3v) is 2.00. The van der Waals surface area contributed by atoms with Gasteiger partial charge in [0.25, 0.3) is 5.91 Å². The van der Waals surface area contributed by atoms with Gasteiger partial charge in [-0.05, 0) is 21.9 Å². The Labute approximate surface area is 104 Å². The highest BCUT2D eigenvalue weighted by Crippen LogP contribution is 2.15. The minimum atomic E-state index is -0.644. The number of aromatic nitrogens is 4. The second-order valence-corrected chi connectivity index (χ2v) is 3.52. The number of hydrogen-bond donors (Lipinski definition) is 2. The summed E-state index contributed by atoms with van der Waals surface area (Å²) in [5, 5.41) is 8.94. The molecule has 3 N–H and O–H groups in total. The molecule has 0 radical (unpaired) electrons. The van der Waals surface area contributed by atoms with E-state index in [1.54, 1.807) is 0 Å². The number of nitrogens with two attached hydrogens (primary N) is 1. The number of nitrogens with one attached hydrogen (secondary N) is 1. The lowest BCUT2D eigenvalue weighted by Gasteiger charge is -2.02. The van der Waals surface area contributed by atoms with Crippen LogP contribution in [0.5, 0.6) is 0 Å². The van der Waals surface area contributed by atoms with Gasteiger partial charge in [-0.15, -0.1) is 0 Å². The smallest absolute Gasteiger partial charge is 0.282 e. The van der Waals surface area contributed by atoms with Gasteiger partial charge in [-0.3, -0.25) is 4.79 Å². The molecule has 0 saturated carbocycles. The summed E-state index contributed by atoms with van der Waals surface area (Å²) in [5.41, 5.74) is 5.19. The summed E-state index contributed by atoms with van der Waals surface area (Å²) < 4.78 is 4.28. The van der Waals surface area contributed by atoms with Crippen LogP contribution in [-0.2, 0) is 0 Å². The van der Waals surface area contributed by atoms with Gasteiger partial charge >= 0.3 is 0 Å². The molecule has 2 aromatic rings. The first kappa shape index (κ1) is 11.6. The van der Waals surface area contributed by atoms with E-state index in [0.717, 1.165) is 0 Å². The normalized spacial score (nSPS) is 10.2. The molecule has 0 spiro atoms. The first-order valence-electron chi connectivity index (χ1n) is 4.15. The number of hydrogen-bond acceptors (Lipinski definition) is 7. The molecule has 0 atom stereocenters. The molecule has 8 nitrogen and oxygen atoms in total. The highest BCUT2D eigenvalue weighted by molar-refractivity contribution is 6.32. The Morgan fingerprint density at radius 3 is 2.71 bits per heavy atom. The number of nitrogen functional groups attached to an aromatic ring is 1. The lowest BCUT2D eigenvalue weighted by atomic mass is 10.4. The van der Waals surface area contributed by atoms with Crippen LogP contribution in [0.15, 0.2) is 10.7 Å². The van der Waals surface area contributed by atoms with Crippen LogP contribution in [0.3, 0.4) is 0 Å². The molecule has 17 heavy (non-hydrogen) atoms. The van der Waals surface area contributed by atoms with E-state index in [-0.39, 0.29) is 27.8 Å². The van der Waals surface area contributed by atoms with Gasteiger partial charge in [0.15, 0.2) is 0 Å². The van der Waals surface area contributed by atoms with Crippen LogP contribution in [0.4, 0.5) is 11.6 Å². The number of rotatable bonds is 2. The maximum atomic E-state index is 11.6. The Hall–Kier alpha value is -1.93. The van der Waals surface area contributed by atoms with Gasteiger partial charge in [0.2, 0.25) is 16.8 Å². The van der Waals surface area contributed by atoms with Gasteiger partial charge in [-0.1, -0.05) is 11.6 Å². The standard InChI is InChI=1S/C7H4Cl2N6O2/c8-2-1-3(13-7(9)11-2)12-6(16)4-5(10)15-17-14-4/h1H,(H2,10,15)(H,11,12,13,16). The van der Waals surface area contributed by atoms with Crippen LogP contribution in [0.1, 0.15) is 10.5 Å². The summed E-state index contributed by atoms with van der Waals surface area (Å²) in [5.74, 6) is -0.661. The number of halogens is 2. The molecule has 0 unspecified atom stereocenters. The summed E-state index contributed by atoms with van der Waals surface area (Å²) in [6.45, 7) is 0. The molecular formula is C7H4Cl2N6O2.